The lowest BCUT2D eigenvalue weighted by atomic mass is 9.73. The topological polar surface area (TPSA) is 49.4 Å². The molecule has 0 saturated carbocycles. The second kappa shape index (κ2) is 7.03. The van der Waals surface area contributed by atoms with Crippen LogP contribution in [0, 0.1) is 0 Å². The molecule has 1 unspecified atom stereocenters. The summed E-state index contributed by atoms with van der Waals surface area (Å²) in [6.07, 6.45) is 6.59. The van der Waals surface area contributed by atoms with Crippen LogP contribution in [0.1, 0.15) is 30.4 Å². The third kappa shape index (κ3) is 3.16. The molecule has 27 heavy (non-hydrogen) atoms. The van der Waals surface area contributed by atoms with Gasteiger partial charge in [0.1, 0.15) is 0 Å². The molecule has 0 bridgehead atoms. The third-order valence-electron chi connectivity index (χ3n) is 5.68. The van der Waals surface area contributed by atoms with Crippen LogP contribution < -0.4 is 10.2 Å². The van der Waals surface area contributed by atoms with Crippen molar-refractivity contribution < 1.29 is 9.59 Å². The van der Waals surface area contributed by atoms with E-state index in [1.807, 2.05) is 54.6 Å². The van der Waals surface area contributed by atoms with Crippen molar-refractivity contribution in [2.45, 2.75) is 37.1 Å². The van der Waals surface area contributed by atoms with Crippen LogP contribution in [0.3, 0.4) is 0 Å². The number of hydrogen-bond acceptors (Lipinski definition) is 2. The van der Waals surface area contributed by atoms with E-state index >= 15 is 0 Å². The molecule has 0 spiro atoms. The van der Waals surface area contributed by atoms with Crippen molar-refractivity contribution in [2.24, 2.45) is 0 Å². The number of para-hydroxylation sites is 1. The van der Waals surface area contributed by atoms with Gasteiger partial charge in [-0.05, 0) is 36.5 Å². The molecule has 1 aliphatic carbocycles. The Morgan fingerprint density at radius 3 is 2.48 bits per heavy atom. The number of likely N-dealkylation sites (N-methyl/N-ethyl adjacent to an activating group) is 1. The molecule has 0 radical (unpaired) electrons. The van der Waals surface area contributed by atoms with E-state index in [1.165, 1.54) is 0 Å². The quantitative estimate of drug-likeness (QED) is 0.831. The Morgan fingerprint density at radius 1 is 1.07 bits per heavy atom. The van der Waals surface area contributed by atoms with Crippen molar-refractivity contribution in [3.05, 3.63) is 77.9 Å². The van der Waals surface area contributed by atoms with Crippen LogP contribution in [0.25, 0.3) is 0 Å². The molecular formula is C23H24N2O2. The van der Waals surface area contributed by atoms with Crippen molar-refractivity contribution in [3.8, 4) is 0 Å². The lowest BCUT2D eigenvalue weighted by Gasteiger charge is -2.29. The summed E-state index contributed by atoms with van der Waals surface area (Å²) in [5.41, 5.74) is 2.05. The summed E-state index contributed by atoms with van der Waals surface area (Å²) >= 11 is 0. The monoisotopic (exact) mass is 360 g/mol. The summed E-state index contributed by atoms with van der Waals surface area (Å²) in [4.78, 5) is 28.0. The van der Waals surface area contributed by atoms with Crippen molar-refractivity contribution >= 4 is 17.5 Å². The Bertz CT molecular complexity index is 882. The first-order chi connectivity index (χ1) is 13.1. The molecule has 4 nitrogen and oxygen atoms in total. The smallest absolute Gasteiger partial charge is 0.238 e. The number of rotatable bonds is 5. The standard InChI is InChI=1S/C23H24N2O2/c1-25-20-14-8-7-13-19(20)23(22(25)27,15-17-9-3-2-4-10-17)16-21(26)24-18-11-5-6-12-18/h2-10,13-14,18H,11-12,15-16H2,1H3,(H,24,26). The van der Waals surface area contributed by atoms with Gasteiger partial charge in [0, 0.05) is 25.2 Å². The van der Waals surface area contributed by atoms with E-state index < -0.39 is 5.41 Å². The average Bonchev–Trinajstić information content (AvgIpc) is 3.25. The molecule has 4 rings (SSSR count). The van der Waals surface area contributed by atoms with E-state index in [0.29, 0.717) is 6.42 Å². The molecule has 2 aromatic rings. The molecule has 0 saturated heterocycles. The summed E-state index contributed by atoms with van der Waals surface area (Å²) < 4.78 is 0. The minimum absolute atomic E-state index is 0.00718. The van der Waals surface area contributed by atoms with E-state index in [4.69, 9.17) is 0 Å². The largest absolute Gasteiger partial charge is 0.353 e. The van der Waals surface area contributed by atoms with Gasteiger partial charge >= 0.3 is 0 Å². The maximum Gasteiger partial charge on any atom is 0.238 e. The second-order valence-corrected chi connectivity index (χ2v) is 7.51. The Balaban J connectivity index is 1.69. The number of fused-ring (bicyclic) bond motifs is 1. The number of benzene rings is 2. The van der Waals surface area contributed by atoms with Gasteiger partial charge in [-0.3, -0.25) is 9.59 Å². The van der Waals surface area contributed by atoms with Gasteiger partial charge in [0.2, 0.25) is 11.8 Å². The predicted molar refractivity (Wildman–Crippen MR) is 107 cm³/mol. The van der Waals surface area contributed by atoms with Crippen molar-refractivity contribution in [1.29, 1.82) is 0 Å². The highest BCUT2D eigenvalue weighted by molar-refractivity contribution is 6.10. The van der Waals surface area contributed by atoms with Crippen LogP contribution in [-0.2, 0) is 21.4 Å². The zero-order valence-electron chi connectivity index (χ0n) is 15.5. The van der Waals surface area contributed by atoms with Crippen LogP contribution in [0.15, 0.2) is 66.7 Å². The normalized spacial score (nSPS) is 21.5. The Hall–Kier alpha value is -2.88. The van der Waals surface area contributed by atoms with Crippen LogP contribution in [0.5, 0.6) is 0 Å². The van der Waals surface area contributed by atoms with E-state index in [-0.39, 0.29) is 24.3 Å². The maximum atomic E-state index is 13.4. The van der Waals surface area contributed by atoms with Gasteiger partial charge in [0.05, 0.1) is 5.41 Å². The van der Waals surface area contributed by atoms with Gasteiger partial charge < -0.3 is 10.2 Å². The first-order valence-corrected chi connectivity index (χ1v) is 9.46. The number of anilines is 1. The number of nitrogens with zero attached hydrogens (tertiary/aromatic N) is 1. The number of carbonyl (C=O) groups is 2. The second-order valence-electron chi connectivity index (χ2n) is 7.51. The zero-order chi connectivity index (χ0) is 18.9. The lowest BCUT2D eigenvalue weighted by molar-refractivity contribution is -0.129. The van der Waals surface area contributed by atoms with Crippen LogP contribution in [-0.4, -0.2) is 24.9 Å². The van der Waals surface area contributed by atoms with E-state index in [9.17, 15) is 9.59 Å². The van der Waals surface area contributed by atoms with Crippen LogP contribution >= 0.6 is 0 Å². The fourth-order valence-corrected chi connectivity index (χ4v) is 4.35. The highest BCUT2D eigenvalue weighted by atomic mass is 16.2. The number of carbonyl (C=O) groups excluding carboxylic acids is 2. The SMILES string of the molecule is CN1C(=O)C(CC(=O)NC2CC=CC2)(Cc2ccccc2)c2ccccc21. The van der Waals surface area contributed by atoms with Crippen molar-refractivity contribution in [3.63, 3.8) is 0 Å². The molecule has 0 aromatic heterocycles. The Kier molecular flexibility index (Phi) is 4.56. The molecule has 1 atom stereocenters. The van der Waals surface area contributed by atoms with Gasteiger partial charge in [-0.2, -0.15) is 0 Å². The number of hydrogen-bond donors (Lipinski definition) is 1. The first-order valence-electron chi connectivity index (χ1n) is 9.46. The van der Waals surface area contributed by atoms with E-state index in [0.717, 1.165) is 29.7 Å². The lowest BCUT2D eigenvalue weighted by Crippen LogP contribution is -2.45. The van der Waals surface area contributed by atoms with Gasteiger partial charge in [-0.1, -0.05) is 60.7 Å². The van der Waals surface area contributed by atoms with Gasteiger partial charge in [-0.15, -0.1) is 0 Å². The summed E-state index contributed by atoms with van der Waals surface area (Å²) in [6, 6.07) is 17.9. The van der Waals surface area contributed by atoms with Crippen LogP contribution in [0.4, 0.5) is 5.69 Å². The van der Waals surface area contributed by atoms with Gasteiger partial charge in [-0.25, -0.2) is 0 Å². The molecule has 1 aliphatic heterocycles. The molecule has 2 aromatic carbocycles. The molecule has 2 amide bonds. The zero-order valence-corrected chi connectivity index (χ0v) is 15.5. The fraction of sp³-hybridized carbons (Fsp3) is 0.304. The van der Waals surface area contributed by atoms with Crippen molar-refractivity contribution in [1.82, 2.24) is 5.32 Å². The van der Waals surface area contributed by atoms with Crippen molar-refractivity contribution in [2.75, 3.05) is 11.9 Å². The molecule has 1 N–H and O–H groups in total. The average molecular weight is 360 g/mol. The molecule has 138 valence electrons. The minimum atomic E-state index is -0.858. The van der Waals surface area contributed by atoms with E-state index in [2.05, 4.69) is 17.5 Å². The summed E-state index contributed by atoms with van der Waals surface area (Å²) in [7, 11) is 1.80. The summed E-state index contributed by atoms with van der Waals surface area (Å²) in [6.45, 7) is 0. The fourth-order valence-electron chi connectivity index (χ4n) is 4.35. The molecule has 1 heterocycles. The first kappa shape index (κ1) is 17.5. The predicted octanol–water partition coefficient (Wildman–Crippen LogP) is 3.37. The van der Waals surface area contributed by atoms with Crippen LogP contribution in [0.2, 0.25) is 0 Å². The van der Waals surface area contributed by atoms with E-state index in [1.54, 1.807) is 11.9 Å². The number of nitrogens with one attached hydrogen (secondary N) is 1. The molecule has 2 aliphatic rings. The van der Waals surface area contributed by atoms with Gasteiger partial charge in [0.25, 0.3) is 0 Å². The highest BCUT2D eigenvalue weighted by Crippen LogP contribution is 2.45. The molecular weight excluding hydrogens is 336 g/mol. The molecule has 4 heteroatoms. The minimum Gasteiger partial charge on any atom is -0.353 e. The third-order valence-corrected chi connectivity index (χ3v) is 5.68. The molecule has 0 fully saturated rings. The summed E-state index contributed by atoms with van der Waals surface area (Å²) in [5.74, 6) is -0.0645. The summed E-state index contributed by atoms with van der Waals surface area (Å²) in [5, 5.41) is 3.11. The highest BCUT2D eigenvalue weighted by Gasteiger charge is 2.50. The Morgan fingerprint density at radius 2 is 1.74 bits per heavy atom. The number of amides is 2. The maximum absolute atomic E-state index is 13.4. The Labute approximate surface area is 159 Å². The van der Waals surface area contributed by atoms with Gasteiger partial charge in [0.15, 0.2) is 0 Å².